The van der Waals surface area contributed by atoms with E-state index in [1.54, 1.807) is 17.4 Å². The first kappa shape index (κ1) is 18.3. The van der Waals surface area contributed by atoms with Crippen molar-refractivity contribution in [3.8, 4) is 22.5 Å². The molecule has 0 bridgehead atoms. The lowest BCUT2D eigenvalue weighted by Gasteiger charge is -2.02. The molecule has 0 saturated heterocycles. The molecular formula is C24H19N5S. The van der Waals surface area contributed by atoms with Crippen LogP contribution in [-0.4, -0.2) is 25.1 Å². The van der Waals surface area contributed by atoms with Gasteiger partial charge in [0.05, 0.1) is 34.8 Å². The molecule has 6 heteroatoms. The van der Waals surface area contributed by atoms with E-state index in [4.69, 9.17) is 0 Å². The highest BCUT2D eigenvalue weighted by molar-refractivity contribution is 7.08. The summed E-state index contributed by atoms with van der Waals surface area (Å²) in [6, 6.07) is 6.33. The number of aromatic amines is 2. The SMILES string of the molecule is C=C/C=C\C(=C/C)c1cc2c(-c3cc4c(-c5ccsc5)cncc4[nH]3)n[nH]c2cn1. The maximum Gasteiger partial charge on any atom is 0.116 e. The van der Waals surface area contributed by atoms with E-state index in [1.165, 1.54) is 5.56 Å². The van der Waals surface area contributed by atoms with Crippen molar-refractivity contribution in [2.45, 2.75) is 6.92 Å². The Bertz CT molecular complexity index is 1420. The summed E-state index contributed by atoms with van der Waals surface area (Å²) < 4.78 is 0. The molecule has 0 aromatic carbocycles. The quantitative estimate of drug-likeness (QED) is 0.331. The summed E-state index contributed by atoms with van der Waals surface area (Å²) in [6.07, 6.45) is 13.3. The van der Waals surface area contributed by atoms with Gasteiger partial charge >= 0.3 is 0 Å². The standard InChI is InChI=1S/C24H19N5S/c1-3-5-6-15(4-2)20-10-18-23(13-26-20)28-29-24(18)21-9-17-19(16-7-8-30-14-16)11-25-12-22(17)27-21/h3-14,27H,1H2,2H3,(H,28,29)/b6-5-,15-4+. The van der Waals surface area contributed by atoms with Crippen molar-refractivity contribution in [2.24, 2.45) is 0 Å². The van der Waals surface area contributed by atoms with Gasteiger partial charge in [-0.25, -0.2) is 0 Å². The Balaban J connectivity index is 1.65. The minimum absolute atomic E-state index is 0.865. The molecule has 0 saturated carbocycles. The largest absolute Gasteiger partial charge is 0.352 e. The van der Waals surface area contributed by atoms with E-state index >= 15 is 0 Å². The Morgan fingerprint density at radius 2 is 2.07 bits per heavy atom. The van der Waals surface area contributed by atoms with Crippen LogP contribution in [0.1, 0.15) is 12.6 Å². The maximum atomic E-state index is 4.58. The van der Waals surface area contributed by atoms with Crippen LogP contribution in [0.3, 0.4) is 0 Å². The normalized spacial score (nSPS) is 12.4. The Kier molecular flexibility index (Phi) is 4.61. The highest BCUT2D eigenvalue weighted by Crippen LogP contribution is 2.34. The second-order valence-corrected chi connectivity index (χ2v) is 7.65. The average Bonchev–Trinajstić information content (AvgIpc) is 3.52. The van der Waals surface area contributed by atoms with E-state index < -0.39 is 0 Å². The fraction of sp³-hybridized carbons (Fsp3) is 0.0417. The van der Waals surface area contributed by atoms with Gasteiger partial charge in [-0.2, -0.15) is 16.4 Å². The summed E-state index contributed by atoms with van der Waals surface area (Å²) in [7, 11) is 0. The third kappa shape index (κ3) is 3.07. The van der Waals surface area contributed by atoms with Gasteiger partial charge in [0, 0.05) is 22.5 Å². The number of hydrogen-bond acceptors (Lipinski definition) is 4. The van der Waals surface area contributed by atoms with Crippen molar-refractivity contribution < 1.29 is 0 Å². The molecule has 0 unspecified atom stereocenters. The lowest BCUT2D eigenvalue weighted by Crippen LogP contribution is -1.87. The third-order valence-corrected chi connectivity index (χ3v) is 5.78. The zero-order valence-corrected chi connectivity index (χ0v) is 17.2. The summed E-state index contributed by atoms with van der Waals surface area (Å²) >= 11 is 1.68. The second-order valence-electron chi connectivity index (χ2n) is 6.87. The molecule has 0 fully saturated rings. The van der Waals surface area contributed by atoms with E-state index in [9.17, 15) is 0 Å². The van der Waals surface area contributed by atoms with Gasteiger partial charge in [0.15, 0.2) is 0 Å². The molecule has 0 aliphatic carbocycles. The predicted octanol–water partition coefficient (Wildman–Crippen LogP) is 6.38. The van der Waals surface area contributed by atoms with Crippen LogP contribution in [0.5, 0.6) is 0 Å². The molecule has 146 valence electrons. The van der Waals surface area contributed by atoms with Crippen molar-refractivity contribution in [2.75, 3.05) is 0 Å². The van der Waals surface area contributed by atoms with Gasteiger partial charge in [0.1, 0.15) is 5.69 Å². The maximum absolute atomic E-state index is 4.58. The van der Waals surface area contributed by atoms with E-state index in [0.717, 1.165) is 50.0 Å². The Labute approximate surface area is 177 Å². The fourth-order valence-corrected chi connectivity index (χ4v) is 4.26. The number of thiophene rings is 1. The van der Waals surface area contributed by atoms with Crippen LogP contribution in [0.4, 0.5) is 0 Å². The van der Waals surface area contributed by atoms with Crippen molar-refractivity contribution in [1.82, 2.24) is 25.1 Å². The monoisotopic (exact) mass is 409 g/mol. The molecule has 0 amide bonds. The lowest BCUT2D eigenvalue weighted by atomic mass is 10.1. The number of nitrogens with zero attached hydrogens (tertiary/aromatic N) is 3. The Morgan fingerprint density at radius 3 is 2.87 bits per heavy atom. The van der Waals surface area contributed by atoms with Crippen molar-refractivity contribution in [3.63, 3.8) is 0 Å². The zero-order chi connectivity index (χ0) is 20.5. The lowest BCUT2D eigenvalue weighted by molar-refractivity contribution is 1.11. The van der Waals surface area contributed by atoms with Gasteiger partial charge in [0.25, 0.3) is 0 Å². The van der Waals surface area contributed by atoms with Crippen LogP contribution in [0.2, 0.25) is 0 Å². The number of nitrogens with one attached hydrogen (secondary N) is 2. The Morgan fingerprint density at radius 1 is 1.13 bits per heavy atom. The van der Waals surface area contributed by atoms with Crippen LogP contribution < -0.4 is 0 Å². The predicted molar refractivity (Wildman–Crippen MR) is 125 cm³/mol. The smallest absolute Gasteiger partial charge is 0.116 e. The molecule has 0 atom stereocenters. The number of hydrogen-bond donors (Lipinski definition) is 2. The zero-order valence-electron chi connectivity index (χ0n) is 16.4. The number of H-pyrrole nitrogens is 2. The first-order chi connectivity index (χ1) is 14.8. The number of aromatic nitrogens is 5. The summed E-state index contributed by atoms with van der Waals surface area (Å²) in [4.78, 5) is 12.5. The van der Waals surface area contributed by atoms with Gasteiger partial charge in [-0.3, -0.25) is 15.1 Å². The molecule has 30 heavy (non-hydrogen) atoms. The summed E-state index contributed by atoms with van der Waals surface area (Å²) in [5, 5.41) is 14.0. The van der Waals surface area contributed by atoms with Gasteiger partial charge in [-0.05, 0) is 47.0 Å². The van der Waals surface area contributed by atoms with Crippen molar-refractivity contribution in [3.05, 3.63) is 84.1 Å². The minimum Gasteiger partial charge on any atom is -0.352 e. The highest BCUT2D eigenvalue weighted by Gasteiger charge is 2.15. The molecule has 5 aromatic rings. The fourth-order valence-electron chi connectivity index (χ4n) is 3.61. The summed E-state index contributed by atoms with van der Waals surface area (Å²) in [5.41, 5.74) is 7.91. The van der Waals surface area contributed by atoms with Crippen LogP contribution in [0.25, 0.3) is 49.9 Å². The summed E-state index contributed by atoms with van der Waals surface area (Å²) in [6.45, 7) is 5.75. The number of rotatable bonds is 5. The van der Waals surface area contributed by atoms with E-state index in [0.29, 0.717) is 0 Å². The van der Waals surface area contributed by atoms with Crippen LogP contribution in [-0.2, 0) is 0 Å². The van der Waals surface area contributed by atoms with Gasteiger partial charge in [-0.1, -0.05) is 30.9 Å². The number of fused-ring (bicyclic) bond motifs is 2. The van der Waals surface area contributed by atoms with E-state index in [-0.39, 0.29) is 0 Å². The first-order valence-corrected chi connectivity index (χ1v) is 10.5. The number of pyridine rings is 2. The van der Waals surface area contributed by atoms with E-state index in [2.05, 4.69) is 60.7 Å². The molecule has 5 aromatic heterocycles. The third-order valence-electron chi connectivity index (χ3n) is 5.10. The second kappa shape index (κ2) is 7.57. The molecule has 5 nitrogen and oxygen atoms in total. The first-order valence-electron chi connectivity index (χ1n) is 9.58. The van der Waals surface area contributed by atoms with Gasteiger partial charge < -0.3 is 4.98 Å². The molecule has 0 aliphatic heterocycles. The molecule has 0 aliphatic rings. The average molecular weight is 410 g/mol. The molecular weight excluding hydrogens is 390 g/mol. The molecule has 0 spiro atoms. The van der Waals surface area contributed by atoms with Crippen LogP contribution in [0.15, 0.2) is 78.4 Å². The minimum atomic E-state index is 0.865. The molecule has 0 radical (unpaired) electrons. The highest BCUT2D eigenvalue weighted by atomic mass is 32.1. The Hall–Kier alpha value is -3.77. The van der Waals surface area contributed by atoms with Crippen molar-refractivity contribution in [1.29, 1.82) is 0 Å². The van der Waals surface area contributed by atoms with Crippen LogP contribution >= 0.6 is 11.3 Å². The van der Waals surface area contributed by atoms with E-state index in [1.807, 2.05) is 43.7 Å². The molecule has 5 rings (SSSR count). The van der Waals surface area contributed by atoms with Crippen molar-refractivity contribution >= 4 is 38.7 Å². The van der Waals surface area contributed by atoms with Gasteiger partial charge in [-0.15, -0.1) is 0 Å². The summed E-state index contributed by atoms with van der Waals surface area (Å²) in [5.74, 6) is 0. The number of allylic oxidation sites excluding steroid dienone is 5. The molecule has 2 N–H and O–H groups in total. The van der Waals surface area contributed by atoms with Gasteiger partial charge in [0.2, 0.25) is 0 Å². The molecule has 5 heterocycles. The topological polar surface area (TPSA) is 70.2 Å². The van der Waals surface area contributed by atoms with Crippen LogP contribution in [0, 0.1) is 0 Å².